The number of rotatable bonds is 5. The summed E-state index contributed by atoms with van der Waals surface area (Å²) in [5, 5.41) is 8.74. The van der Waals surface area contributed by atoms with Crippen molar-refractivity contribution in [3.8, 4) is 6.07 Å². The molecule has 0 radical (unpaired) electrons. The number of nitrogen functional groups attached to an aromatic ring is 1. The molecule has 1 amide bonds. The Morgan fingerprint density at radius 2 is 2.15 bits per heavy atom. The van der Waals surface area contributed by atoms with E-state index in [1.54, 1.807) is 12.1 Å². The van der Waals surface area contributed by atoms with Crippen LogP contribution in [0.3, 0.4) is 0 Å². The Morgan fingerprint density at radius 3 is 2.70 bits per heavy atom. The summed E-state index contributed by atoms with van der Waals surface area (Å²) in [6, 6.07) is 7.77. The molecule has 0 atom stereocenters. The first-order valence-corrected chi connectivity index (χ1v) is 6.79. The molecule has 20 heavy (non-hydrogen) atoms. The number of nitrogens with two attached hydrogens (primary N) is 1. The van der Waals surface area contributed by atoms with Crippen molar-refractivity contribution >= 4 is 17.3 Å². The SMILES string of the molecule is CN(C)c1ccc(N)cc1C(=O)N(CCC#N)C1CC1. The fraction of sp³-hybridized carbons (Fsp3) is 0.467. The second-order valence-electron chi connectivity index (χ2n) is 5.31. The summed E-state index contributed by atoms with van der Waals surface area (Å²) in [5.41, 5.74) is 7.86. The normalized spacial score (nSPS) is 13.7. The fourth-order valence-corrected chi connectivity index (χ4v) is 2.28. The third kappa shape index (κ3) is 3.02. The third-order valence-electron chi connectivity index (χ3n) is 3.45. The number of benzene rings is 1. The lowest BCUT2D eigenvalue weighted by Crippen LogP contribution is -2.35. The van der Waals surface area contributed by atoms with Crippen molar-refractivity contribution in [1.82, 2.24) is 4.90 Å². The summed E-state index contributed by atoms with van der Waals surface area (Å²) in [6.07, 6.45) is 2.41. The molecular weight excluding hydrogens is 252 g/mol. The Kier molecular flexibility index (Phi) is 4.14. The summed E-state index contributed by atoms with van der Waals surface area (Å²) in [6.45, 7) is 0.488. The van der Waals surface area contributed by atoms with Crippen LogP contribution in [-0.4, -0.2) is 37.5 Å². The Balaban J connectivity index is 2.30. The van der Waals surface area contributed by atoms with Crippen LogP contribution in [-0.2, 0) is 0 Å². The lowest BCUT2D eigenvalue weighted by molar-refractivity contribution is 0.0747. The van der Waals surface area contributed by atoms with Gasteiger partial charge in [0.1, 0.15) is 0 Å². The highest BCUT2D eigenvalue weighted by Gasteiger charge is 2.33. The first kappa shape index (κ1) is 14.2. The molecule has 0 heterocycles. The summed E-state index contributed by atoms with van der Waals surface area (Å²) < 4.78 is 0. The topological polar surface area (TPSA) is 73.4 Å². The van der Waals surface area contributed by atoms with Gasteiger partial charge < -0.3 is 15.5 Å². The lowest BCUT2D eigenvalue weighted by Gasteiger charge is -2.25. The molecule has 2 N–H and O–H groups in total. The number of hydrogen-bond acceptors (Lipinski definition) is 4. The van der Waals surface area contributed by atoms with Gasteiger partial charge in [0.25, 0.3) is 5.91 Å². The predicted molar refractivity (Wildman–Crippen MR) is 79.5 cm³/mol. The van der Waals surface area contributed by atoms with E-state index in [0.717, 1.165) is 18.5 Å². The highest BCUT2D eigenvalue weighted by Crippen LogP contribution is 2.31. The van der Waals surface area contributed by atoms with Crippen molar-refractivity contribution in [3.63, 3.8) is 0 Å². The Morgan fingerprint density at radius 1 is 1.45 bits per heavy atom. The van der Waals surface area contributed by atoms with E-state index >= 15 is 0 Å². The molecule has 5 nitrogen and oxygen atoms in total. The van der Waals surface area contributed by atoms with Gasteiger partial charge in [0.2, 0.25) is 0 Å². The average Bonchev–Trinajstić information content (AvgIpc) is 3.23. The summed E-state index contributed by atoms with van der Waals surface area (Å²) in [7, 11) is 3.80. The Labute approximate surface area is 119 Å². The second-order valence-corrected chi connectivity index (χ2v) is 5.31. The van der Waals surface area contributed by atoms with E-state index in [1.807, 2.05) is 30.0 Å². The van der Waals surface area contributed by atoms with Crippen LogP contribution in [0.4, 0.5) is 11.4 Å². The van der Waals surface area contributed by atoms with Crippen LogP contribution in [0.15, 0.2) is 18.2 Å². The molecule has 0 aromatic heterocycles. The highest BCUT2D eigenvalue weighted by atomic mass is 16.2. The monoisotopic (exact) mass is 272 g/mol. The largest absolute Gasteiger partial charge is 0.399 e. The van der Waals surface area contributed by atoms with E-state index in [2.05, 4.69) is 6.07 Å². The van der Waals surface area contributed by atoms with Gasteiger partial charge >= 0.3 is 0 Å². The van der Waals surface area contributed by atoms with E-state index in [4.69, 9.17) is 11.0 Å². The van der Waals surface area contributed by atoms with Gasteiger partial charge in [0.15, 0.2) is 0 Å². The molecule has 1 aromatic rings. The summed E-state index contributed by atoms with van der Waals surface area (Å²) in [5.74, 6) is -0.0289. The van der Waals surface area contributed by atoms with Gasteiger partial charge in [-0.15, -0.1) is 0 Å². The minimum Gasteiger partial charge on any atom is -0.399 e. The molecule has 1 aromatic carbocycles. The number of nitriles is 1. The minimum absolute atomic E-state index is 0.0289. The molecule has 0 unspecified atom stereocenters. The van der Waals surface area contributed by atoms with Crippen LogP contribution >= 0.6 is 0 Å². The van der Waals surface area contributed by atoms with E-state index in [9.17, 15) is 4.79 Å². The van der Waals surface area contributed by atoms with Crippen LogP contribution in [0, 0.1) is 11.3 Å². The zero-order chi connectivity index (χ0) is 14.7. The summed E-state index contributed by atoms with van der Waals surface area (Å²) in [4.78, 5) is 16.5. The number of carbonyl (C=O) groups is 1. The van der Waals surface area contributed by atoms with Crippen LogP contribution in [0.2, 0.25) is 0 Å². The molecule has 0 saturated heterocycles. The maximum Gasteiger partial charge on any atom is 0.256 e. The van der Waals surface area contributed by atoms with Gasteiger partial charge in [-0.05, 0) is 31.0 Å². The first-order valence-electron chi connectivity index (χ1n) is 6.79. The second kappa shape index (κ2) is 5.83. The zero-order valence-electron chi connectivity index (χ0n) is 12.0. The van der Waals surface area contributed by atoms with Crippen LogP contribution in [0.5, 0.6) is 0 Å². The molecule has 0 aliphatic heterocycles. The van der Waals surface area contributed by atoms with Crippen LogP contribution < -0.4 is 10.6 Å². The van der Waals surface area contributed by atoms with Gasteiger partial charge in [-0.3, -0.25) is 4.79 Å². The maximum atomic E-state index is 12.7. The van der Waals surface area contributed by atoms with Crippen molar-refractivity contribution in [2.24, 2.45) is 0 Å². The fourth-order valence-electron chi connectivity index (χ4n) is 2.28. The van der Waals surface area contributed by atoms with Crippen molar-refractivity contribution < 1.29 is 4.79 Å². The van der Waals surface area contributed by atoms with Gasteiger partial charge in [-0.25, -0.2) is 0 Å². The molecule has 0 spiro atoms. The molecule has 106 valence electrons. The van der Waals surface area contributed by atoms with Crippen molar-refractivity contribution in [1.29, 1.82) is 5.26 Å². The predicted octanol–water partition coefficient (Wildman–Crippen LogP) is 1.85. The summed E-state index contributed by atoms with van der Waals surface area (Å²) >= 11 is 0. The molecule has 2 rings (SSSR count). The van der Waals surface area contributed by atoms with Gasteiger partial charge in [0.05, 0.1) is 18.1 Å². The zero-order valence-corrected chi connectivity index (χ0v) is 12.0. The number of hydrogen-bond donors (Lipinski definition) is 1. The van der Waals surface area contributed by atoms with E-state index < -0.39 is 0 Å². The van der Waals surface area contributed by atoms with E-state index in [-0.39, 0.29) is 11.9 Å². The van der Waals surface area contributed by atoms with Crippen molar-refractivity contribution in [3.05, 3.63) is 23.8 Å². The van der Waals surface area contributed by atoms with Gasteiger partial charge in [0, 0.05) is 38.1 Å². The van der Waals surface area contributed by atoms with Gasteiger partial charge in [-0.2, -0.15) is 5.26 Å². The number of carbonyl (C=O) groups excluding carboxylic acids is 1. The number of amides is 1. The van der Waals surface area contributed by atoms with Crippen LogP contribution in [0.1, 0.15) is 29.6 Å². The number of anilines is 2. The van der Waals surface area contributed by atoms with Crippen molar-refractivity contribution in [2.45, 2.75) is 25.3 Å². The van der Waals surface area contributed by atoms with E-state index in [1.165, 1.54) is 0 Å². The Hall–Kier alpha value is -2.22. The molecule has 1 aliphatic rings. The molecule has 0 bridgehead atoms. The minimum atomic E-state index is -0.0289. The van der Waals surface area contributed by atoms with Crippen LogP contribution in [0.25, 0.3) is 0 Å². The Bertz CT molecular complexity index is 543. The quantitative estimate of drug-likeness (QED) is 0.830. The maximum absolute atomic E-state index is 12.7. The molecule has 5 heteroatoms. The molecule has 1 aliphatic carbocycles. The smallest absolute Gasteiger partial charge is 0.256 e. The lowest BCUT2D eigenvalue weighted by atomic mass is 10.1. The third-order valence-corrected chi connectivity index (χ3v) is 3.45. The molecule has 1 saturated carbocycles. The van der Waals surface area contributed by atoms with Crippen molar-refractivity contribution in [2.75, 3.05) is 31.3 Å². The first-order chi connectivity index (χ1) is 9.54. The molecular formula is C15H20N4O. The highest BCUT2D eigenvalue weighted by molar-refractivity contribution is 6.01. The average molecular weight is 272 g/mol. The number of nitrogens with zero attached hydrogens (tertiary/aromatic N) is 3. The molecule has 1 fully saturated rings. The standard InChI is InChI=1S/C15H20N4O/c1-18(2)14-7-4-11(17)10-13(14)15(20)19(9-3-8-16)12-5-6-12/h4,7,10,12H,3,5-6,9,17H2,1-2H3. The van der Waals surface area contributed by atoms with E-state index in [0.29, 0.717) is 24.2 Å². The van der Waals surface area contributed by atoms with Gasteiger partial charge in [-0.1, -0.05) is 0 Å².